The Labute approximate surface area is 88.1 Å². The fourth-order valence-electron chi connectivity index (χ4n) is 1.96. The summed E-state index contributed by atoms with van der Waals surface area (Å²) in [6.07, 6.45) is 4.88. The van der Waals surface area contributed by atoms with Gasteiger partial charge in [0.05, 0.1) is 11.7 Å². The maximum atomic E-state index is 5.77. The normalized spacial score (nSPS) is 16.8. The van der Waals surface area contributed by atoms with E-state index in [1.807, 2.05) is 24.5 Å². The Balaban J connectivity index is 1.98. The minimum atomic E-state index is 0.733. The Hall–Kier alpha value is -1.55. The summed E-state index contributed by atoms with van der Waals surface area (Å²) in [6.45, 7) is 2.22. The summed E-state index contributed by atoms with van der Waals surface area (Å²) < 4.78 is 2.09. The van der Waals surface area contributed by atoms with Crippen LogP contribution in [-0.2, 0) is 6.42 Å². The molecule has 0 amide bonds. The van der Waals surface area contributed by atoms with Crippen LogP contribution in [0.15, 0.2) is 24.5 Å². The van der Waals surface area contributed by atoms with E-state index in [4.69, 9.17) is 5.73 Å². The van der Waals surface area contributed by atoms with Gasteiger partial charge < -0.3 is 15.5 Å². The number of imidazole rings is 1. The number of nitrogens with one attached hydrogen (secondary N) is 1. The number of fused-ring (bicyclic) bond motifs is 1. The second kappa shape index (κ2) is 3.24. The molecule has 0 bridgehead atoms. The van der Waals surface area contributed by atoms with E-state index in [1.54, 1.807) is 0 Å². The topological polar surface area (TPSA) is 55.3 Å². The Morgan fingerprint density at radius 2 is 2.33 bits per heavy atom. The number of rotatable bonds is 2. The van der Waals surface area contributed by atoms with Crippen molar-refractivity contribution in [2.24, 2.45) is 5.92 Å². The van der Waals surface area contributed by atoms with Crippen LogP contribution in [-0.4, -0.2) is 22.5 Å². The first-order chi connectivity index (χ1) is 7.33. The first-order valence-electron chi connectivity index (χ1n) is 5.25. The monoisotopic (exact) mass is 202 g/mol. The molecule has 15 heavy (non-hydrogen) atoms. The van der Waals surface area contributed by atoms with Crippen LogP contribution in [0.2, 0.25) is 0 Å². The molecule has 0 spiro atoms. The third-order valence-electron chi connectivity index (χ3n) is 2.96. The van der Waals surface area contributed by atoms with Crippen LogP contribution in [0.4, 0.5) is 5.69 Å². The second-order valence-electron chi connectivity index (χ2n) is 4.16. The van der Waals surface area contributed by atoms with Crippen molar-refractivity contribution in [3.8, 4) is 0 Å². The van der Waals surface area contributed by atoms with Crippen molar-refractivity contribution in [1.82, 2.24) is 14.7 Å². The number of pyridine rings is 1. The maximum Gasteiger partial charge on any atom is 0.113 e. The Bertz CT molecular complexity index is 484. The van der Waals surface area contributed by atoms with Gasteiger partial charge in [0.2, 0.25) is 0 Å². The number of hydrogen-bond acceptors (Lipinski definition) is 3. The fourth-order valence-corrected chi connectivity index (χ4v) is 1.96. The van der Waals surface area contributed by atoms with Crippen LogP contribution in [0.3, 0.4) is 0 Å². The van der Waals surface area contributed by atoms with Gasteiger partial charge in [-0.2, -0.15) is 0 Å². The van der Waals surface area contributed by atoms with Gasteiger partial charge in [-0.15, -0.1) is 0 Å². The highest BCUT2D eigenvalue weighted by Crippen LogP contribution is 2.15. The molecule has 0 aliphatic carbocycles. The summed E-state index contributed by atoms with van der Waals surface area (Å²) >= 11 is 0. The molecule has 4 heteroatoms. The minimum absolute atomic E-state index is 0.733. The molecule has 3 rings (SSSR count). The van der Waals surface area contributed by atoms with Gasteiger partial charge in [0.1, 0.15) is 5.82 Å². The Morgan fingerprint density at radius 3 is 3.07 bits per heavy atom. The van der Waals surface area contributed by atoms with Gasteiger partial charge in [0, 0.05) is 18.3 Å². The van der Waals surface area contributed by atoms with Gasteiger partial charge in [-0.05, 0) is 31.1 Å². The van der Waals surface area contributed by atoms with E-state index in [0.717, 1.165) is 42.5 Å². The van der Waals surface area contributed by atoms with E-state index in [2.05, 4.69) is 14.7 Å². The first-order valence-corrected chi connectivity index (χ1v) is 5.25. The molecule has 0 unspecified atom stereocenters. The van der Waals surface area contributed by atoms with E-state index in [0.29, 0.717) is 0 Å². The molecule has 1 fully saturated rings. The number of anilines is 1. The van der Waals surface area contributed by atoms with Crippen LogP contribution >= 0.6 is 0 Å². The van der Waals surface area contributed by atoms with Gasteiger partial charge in [-0.3, -0.25) is 0 Å². The van der Waals surface area contributed by atoms with Gasteiger partial charge in [0.25, 0.3) is 0 Å². The molecule has 3 N–H and O–H groups in total. The number of nitrogens with two attached hydrogens (primary N) is 1. The van der Waals surface area contributed by atoms with E-state index >= 15 is 0 Å². The van der Waals surface area contributed by atoms with E-state index in [-0.39, 0.29) is 0 Å². The molecule has 78 valence electrons. The highest BCUT2D eigenvalue weighted by Gasteiger charge is 2.19. The molecular weight excluding hydrogens is 188 g/mol. The smallest absolute Gasteiger partial charge is 0.113 e. The summed E-state index contributed by atoms with van der Waals surface area (Å²) in [7, 11) is 0. The fraction of sp³-hybridized carbons (Fsp3) is 0.364. The molecule has 0 saturated carbocycles. The summed E-state index contributed by atoms with van der Waals surface area (Å²) in [4.78, 5) is 4.44. The number of aromatic nitrogens is 2. The van der Waals surface area contributed by atoms with Crippen LogP contribution in [0.25, 0.3) is 5.52 Å². The number of hydrogen-bond donors (Lipinski definition) is 2. The van der Waals surface area contributed by atoms with Crippen LogP contribution < -0.4 is 11.1 Å². The second-order valence-corrected chi connectivity index (χ2v) is 4.16. The summed E-state index contributed by atoms with van der Waals surface area (Å²) in [5.74, 6) is 1.85. The average molecular weight is 202 g/mol. The van der Waals surface area contributed by atoms with Crippen molar-refractivity contribution >= 4 is 11.2 Å². The van der Waals surface area contributed by atoms with Crippen molar-refractivity contribution in [3.63, 3.8) is 0 Å². The van der Waals surface area contributed by atoms with Gasteiger partial charge in [0.15, 0.2) is 0 Å². The highest BCUT2D eigenvalue weighted by molar-refractivity contribution is 5.52. The van der Waals surface area contributed by atoms with Crippen LogP contribution in [0, 0.1) is 5.92 Å². The molecule has 3 heterocycles. The van der Waals surface area contributed by atoms with E-state index < -0.39 is 0 Å². The number of nitrogen functional groups attached to an aromatic ring is 1. The number of nitrogens with zero attached hydrogens (tertiary/aromatic N) is 2. The van der Waals surface area contributed by atoms with E-state index in [1.165, 1.54) is 0 Å². The lowest BCUT2D eigenvalue weighted by molar-refractivity contribution is 0.341. The Morgan fingerprint density at radius 1 is 1.47 bits per heavy atom. The Kier molecular flexibility index (Phi) is 1.89. The summed E-state index contributed by atoms with van der Waals surface area (Å²) in [6, 6.07) is 3.91. The summed E-state index contributed by atoms with van der Waals surface area (Å²) in [5.41, 5.74) is 7.67. The summed E-state index contributed by atoms with van der Waals surface area (Å²) in [5, 5.41) is 3.27. The molecule has 1 aliphatic heterocycles. The highest BCUT2D eigenvalue weighted by atomic mass is 15.0. The molecular formula is C11H14N4. The van der Waals surface area contributed by atoms with Gasteiger partial charge >= 0.3 is 0 Å². The molecule has 4 nitrogen and oxygen atoms in total. The van der Waals surface area contributed by atoms with Crippen molar-refractivity contribution < 1.29 is 0 Å². The lowest BCUT2D eigenvalue weighted by Gasteiger charge is -2.26. The van der Waals surface area contributed by atoms with Crippen molar-refractivity contribution in [1.29, 1.82) is 0 Å². The third kappa shape index (κ3) is 1.47. The standard InChI is InChI=1S/C11H14N4/c12-9-1-2-10-6-14-11(15(10)7-9)3-8-4-13-5-8/h1-2,6-8,13H,3-5,12H2. The van der Waals surface area contributed by atoms with E-state index in [9.17, 15) is 0 Å². The minimum Gasteiger partial charge on any atom is -0.398 e. The zero-order valence-electron chi connectivity index (χ0n) is 8.48. The van der Waals surface area contributed by atoms with Crippen LogP contribution in [0.5, 0.6) is 0 Å². The van der Waals surface area contributed by atoms with Gasteiger partial charge in [-0.1, -0.05) is 0 Å². The zero-order chi connectivity index (χ0) is 10.3. The van der Waals surface area contributed by atoms with Crippen molar-refractivity contribution in [3.05, 3.63) is 30.4 Å². The maximum absolute atomic E-state index is 5.77. The predicted molar refractivity (Wildman–Crippen MR) is 59.7 cm³/mol. The zero-order valence-corrected chi connectivity index (χ0v) is 8.48. The van der Waals surface area contributed by atoms with Crippen molar-refractivity contribution in [2.75, 3.05) is 18.8 Å². The molecule has 1 saturated heterocycles. The van der Waals surface area contributed by atoms with Crippen LogP contribution in [0.1, 0.15) is 5.82 Å². The third-order valence-corrected chi connectivity index (χ3v) is 2.96. The molecule has 2 aromatic rings. The predicted octanol–water partition coefficient (Wildman–Crippen LogP) is 0.678. The quantitative estimate of drug-likeness (QED) is 0.753. The lowest BCUT2D eigenvalue weighted by Crippen LogP contribution is -2.43. The lowest BCUT2D eigenvalue weighted by atomic mass is 9.99. The van der Waals surface area contributed by atoms with Crippen molar-refractivity contribution in [2.45, 2.75) is 6.42 Å². The molecule has 0 radical (unpaired) electrons. The van der Waals surface area contributed by atoms with Gasteiger partial charge in [-0.25, -0.2) is 4.98 Å². The molecule has 0 aromatic carbocycles. The largest absolute Gasteiger partial charge is 0.398 e. The molecule has 0 atom stereocenters. The molecule has 2 aromatic heterocycles. The average Bonchev–Trinajstić information content (AvgIpc) is 2.54. The molecule has 1 aliphatic rings. The first kappa shape index (κ1) is 8.73. The SMILES string of the molecule is Nc1ccc2cnc(CC3CNC3)n2c1.